The number of hydrogen-bond donors (Lipinski definition) is 1. The van der Waals surface area contributed by atoms with Gasteiger partial charge in [-0.25, -0.2) is 4.98 Å². The average molecular weight is 412 g/mol. The molecule has 1 aromatic heterocycles. The summed E-state index contributed by atoms with van der Waals surface area (Å²) in [6.45, 7) is 0. The van der Waals surface area contributed by atoms with Gasteiger partial charge in [-0.3, -0.25) is 10.1 Å². The first kappa shape index (κ1) is 20.1. The Morgan fingerprint density at radius 2 is 1.83 bits per heavy atom. The van der Waals surface area contributed by atoms with Crippen LogP contribution in [0.25, 0.3) is 0 Å². The molecule has 1 heterocycles. The molecule has 5 nitrogen and oxygen atoms in total. The van der Waals surface area contributed by atoms with Crippen molar-refractivity contribution < 1.29 is 18.0 Å². The van der Waals surface area contributed by atoms with Crippen molar-refractivity contribution >= 4 is 22.4 Å². The second-order valence-corrected chi connectivity index (χ2v) is 7.05. The molecule has 0 aliphatic heterocycles. The van der Waals surface area contributed by atoms with Crippen LogP contribution in [-0.2, 0) is 12.6 Å². The number of amides is 1. The van der Waals surface area contributed by atoms with E-state index in [1.807, 2.05) is 6.07 Å². The Labute approximate surface area is 167 Å². The average Bonchev–Trinajstić information content (AvgIpc) is 3.14. The SMILES string of the molecule is N#Cc1cccc(C(=O)Nc2ncc(Cc3ccc(C#N)cc3C(F)(F)F)s2)c1. The molecule has 0 aliphatic rings. The summed E-state index contributed by atoms with van der Waals surface area (Å²) < 4.78 is 39.9. The molecule has 3 rings (SSSR count). The van der Waals surface area contributed by atoms with Gasteiger partial charge in [-0.2, -0.15) is 23.7 Å². The number of rotatable bonds is 4. The molecule has 0 atom stereocenters. The van der Waals surface area contributed by atoms with Crippen molar-refractivity contribution in [3.63, 3.8) is 0 Å². The van der Waals surface area contributed by atoms with Gasteiger partial charge in [0.2, 0.25) is 0 Å². The van der Waals surface area contributed by atoms with Crippen LogP contribution in [0.3, 0.4) is 0 Å². The van der Waals surface area contributed by atoms with E-state index in [1.165, 1.54) is 30.5 Å². The quantitative estimate of drug-likeness (QED) is 0.670. The Hall–Kier alpha value is -3.69. The Balaban J connectivity index is 1.78. The topological polar surface area (TPSA) is 89.6 Å². The molecule has 0 saturated carbocycles. The molecule has 1 amide bonds. The zero-order valence-corrected chi connectivity index (χ0v) is 15.4. The smallest absolute Gasteiger partial charge is 0.298 e. The van der Waals surface area contributed by atoms with Gasteiger partial charge in [0.15, 0.2) is 5.13 Å². The van der Waals surface area contributed by atoms with Crippen molar-refractivity contribution in [1.82, 2.24) is 4.98 Å². The minimum Gasteiger partial charge on any atom is -0.298 e. The minimum absolute atomic E-state index is 0.0137. The third kappa shape index (κ3) is 4.78. The molecule has 0 saturated heterocycles. The molecule has 0 fully saturated rings. The van der Waals surface area contributed by atoms with Crippen molar-refractivity contribution in [2.45, 2.75) is 12.6 Å². The van der Waals surface area contributed by atoms with Crippen LogP contribution >= 0.6 is 11.3 Å². The minimum atomic E-state index is -4.59. The van der Waals surface area contributed by atoms with Crippen LogP contribution in [0.15, 0.2) is 48.7 Å². The fraction of sp³-hybridized carbons (Fsp3) is 0.100. The van der Waals surface area contributed by atoms with Gasteiger partial charge >= 0.3 is 6.18 Å². The molecule has 29 heavy (non-hydrogen) atoms. The highest BCUT2D eigenvalue weighted by molar-refractivity contribution is 7.15. The van der Waals surface area contributed by atoms with Gasteiger partial charge in [-0.05, 0) is 35.9 Å². The van der Waals surface area contributed by atoms with Gasteiger partial charge in [0, 0.05) is 23.1 Å². The lowest BCUT2D eigenvalue weighted by atomic mass is 10.0. The maximum Gasteiger partial charge on any atom is 0.416 e. The third-order valence-corrected chi connectivity index (χ3v) is 4.85. The lowest BCUT2D eigenvalue weighted by Crippen LogP contribution is -2.11. The number of anilines is 1. The molecule has 0 radical (unpaired) electrons. The molecule has 0 unspecified atom stereocenters. The fourth-order valence-electron chi connectivity index (χ4n) is 2.60. The van der Waals surface area contributed by atoms with Crippen molar-refractivity contribution in [2.75, 3.05) is 5.32 Å². The first-order chi connectivity index (χ1) is 13.8. The van der Waals surface area contributed by atoms with Crippen LogP contribution in [0.5, 0.6) is 0 Å². The lowest BCUT2D eigenvalue weighted by Gasteiger charge is -2.12. The van der Waals surface area contributed by atoms with Gasteiger partial charge in [0.25, 0.3) is 5.91 Å². The van der Waals surface area contributed by atoms with Gasteiger partial charge in [0.1, 0.15) is 0 Å². The maximum atomic E-state index is 13.3. The van der Waals surface area contributed by atoms with Crippen molar-refractivity contribution in [3.8, 4) is 12.1 Å². The number of thiazole rings is 1. The summed E-state index contributed by atoms with van der Waals surface area (Å²) in [5, 5.41) is 20.5. The number of aromatic nitrogens is 1. The molecule has 0 bridgehead atoms. The number of alkyl halides is 3. The van der Waals surface area contributed by atoms with Crippen LogP contribution in [0.1, 0.15) is 37.5 Å². The molecule has 2 aromatic carbocycles. The number of nitriles is 2. The summed E-state index contributed by atoms with van der Waals surface area (Å²) in [6, 6.07) is 13.2. The van der Waals surface area contributed by atoms with Gasteiger partial charge in [-0.15, -0.1) is 11.3 Å². The summed E-state index contributed by atoms with van der Waals surface area (Å²) in [7, 11) is 0. The summed E-state index contributed by atoms with van der Waals surface area (Å²) in [5.41, 5.74) is -0.327. The second-order valence-electron chi connectivity index (χ2n) is 5.94. The summed E-state index contributed by atoms with van der Waals surface area (Å²) in [4.78, 5) is 16.8. The number of carbonyl (C=O) groups excluding carboxylic acids is 1. The van der Waals surface area contributed by atoms with E-state index < -0.39 is 17.6 Å². The van der Waals surface area contributed by atoms with E-state index in [0.29, 0.717) is 10.4 Å². The summed E-state index contributed by atoms with van der Waals surface area (Å²) >= 11 is 1.05. The Kier molecular flexibility index (Phi) is 5.62. The van der Waals surface area contributed by atoms with Crippen molar-refractivity contribution in [2.24, 2.45) is 0 Å². The molecule has 9 heteroatoms. The standard InChI is InChI=1S/C20H11F3N4OS/c21-20(22,23)17-7-13(10-25)4-5-14(17)8-16-11-26-19(29-16)27-18(28)15-3-1-2-12(6-15)9-24/h1-7,11H,8H2,(H,26,27,28). The molecular formula is C20H11F3N4OS. The van der Waals surface area contributed by atoms with Crippen molar-refractivity contribution in [1.29, 1.82) is 10.5 Å². The molecular weight excluding hydrogens is 401 g/mol. The van der Waals surface area contributed by atoms with Crippen LogP contribution in [-0.4, -0.2) is 10.9 Å². The van der Waals surface area contributed by atoms with Gasteiger partial charge in [-0.1, -0.05) is 12.1 Å². The summed E-state index contributed by atoms with van der Waals surface area (Å²) in [6.07, 6.45) is -3.24. The highest BCUT2D eigenvalue weighted by atomic mass is 32.1. The van der Waals surface area contributed by atoms with E-state index in [9.17, 15) is 18.0 Å². The zero-order chi connectivity index (χ0) is 21.0. The Morgan fingerprint density at radius 1 is 1.10 bits per heavy atom. The van der Waals surface area contributed by atoms with E-state index in [2.05, 4.69) is 10.3 Å². The number of nitrogens with one attached hydrogen (secondary N) is 1. The predicted octanol–water partition coefficient (Wildman–Crippen LogP) is 4.75. The second kappa shape index (κ2) is 8.13. The monoisotopic (exact) mass is 412 g/mol. The van der Waals surface area contributed by atoms with Gasteiger partial charge < -0.3 is 0 Å². The normalized spacial score (nSPS) is 10.8. The van der Waals surface area contributed by atoms with Gasteiger partial charge in [0.05, 0.1) is 28.8 Å². The highest BCUT2D eigenvalue weighted by Gasteiger charge is 2.33. The van der Waals surface area contributed by atoms with E-state index in [1.54, 1.807) is 18.2 Å². The van der Waals surface area contributed by atoms with Crippen molar-refractivity contribution in [3.05, 3.63) is 81.4 Å². The molecule has 0 aliphatic carbocycles. The van der Waals surface area contributed by atoms with E-state index in [4.69, 9.17) is 10.5 Å². The number of hydrogen-bond acceptors (Lipinski definition) is 5. The third-order valence-electron chi connectivity index (χ3n) is 3.94. The number of halogens is 3. The first-order valence-electron chi connectivity index (χ1n) is 8.16. The Bertz CT molecular complexity index is 1160. The molecule has 3 aromatic rings. The summed E-state index contributed by atoms with van der Waals surface area (Å²) in [5.74, 6) is -0.475. The van der Waals surface area contributed by atoms with Crippen LogP contribution < -0.4 is 5.32 Å². The van der Waals surface area contributed by atoms with Crippen LogP contribution in [0, 0.1) is 22.7 Å². The van der Waals surface area contributed by atoms with E-state index >= 15 is 0 Å². The number of carbonyl (C=O) groups is 1. The molecule has 0 spiro atoms. The molecule has 1 N–H and O–H groups in total. The lowest BCUT2D eigenvalue weighted by molar-refractivity contribution is -0.138. The van der Waals surface area contributed by atoms with Crippen LogP contribution in [0.4, 0.5) is 18.3 Å². The van der Waals surface area contributed by atoms with Crippen LogP contribution in [0.2, 0.25) is 0 Å². The number of benzene rings is 2. The predicted molar refractivity (Wildman–Crippen MR) is 100 cm³/mol. The number of nitrogens with zero attached hydrogens (tertiary/aromatic N) is 3. The molecule has 144 valence electrons. The zero-order valence-electron chi connectivity index (χ0n) is 14.6. The van der Waals surface area contributed by atoms with E-state index in [-0.39, 0.29) is 28.2 Å². The van der Waals surface area contributed by atoms with E-state index in [0.717, 1.165) is 17.4 Å². The maximum absolute atomic E-state index is 13.3. The first-order valence-corrected chi connectivity index (χ1v) is 8.98. The largest absolute Gasteiger partial charge is 0.416 e. The highest BCUT2D eigenvalue weighted by Crippen LogP contribution is 2.34. The Morgan fingerprint density at radius 3 is 2.52 bits per heavy atom. The fourth-order valence-corrected chi connectivity index (χ4v) is 3.43.